The monoisotopic (exact) mass is 447 g/mol. The highest BCUT2D eigenvalue weighted by Gasteiger charge is 2.13. The second kappa shape index (κ2) is 10.1. The summed E-state index contributed by atoms with van der Waals surface area (Å²) in [6.07, 6.45) is 4.58. The third-order valence-electron chi connectivity index (χ3n) is 4.87. The van der Waals surface area contributed by atoms with Crippen LogP contribution in [0.3, 0.4) is 0 Å². The van der Waals surface area contributed by atoms with Crippen LogP contribution in [0, 0.1) is 0 Å². The van der Waals surface area contributed by atoms with E-state index in [0.717, 1.165) is 52.2 Å². The maximum absolute atomic E-state index is 11.5. The van der Waals surface area contributed by atoms with Crippen molar-refractivity contribution in [3.63, 3.8) is 0 Å². The highest BCUT2D eigenvalue weighted by Crippen LogP contribution is 2.35. The molecule has 0 unspecified atom stereocenters. The zero-order valence-corrected chi connectivity index (χ0v) is 18.8. The van der Waals surface area contributed by atoms with Crippen molar-refractivity contribution >= 4 is 38.9 Å². The topological polar surface area (TPSA) is 83.5 Å². The minimum atomic E-state index is -3.35. The van der Waals surface area contributed by atoms with Gasteiger partial charge in [-0.05, 0) is 58.0 Å². The summed E-state index contributed by atoms with van der Waals surface area (Å²) in [7, 11) is -3.35. The minimum Gasteiger partial charge on any atom is -0.478 e. The van der Waals surface area contributed by atoms with Gasteiger partial charge in [-0.2, -0.15) is 0 Å². The largest absolute Gasteiger partial charge is 0.478 e. The molecule has 32 heavy (non-hydrogen) atoms. The van der Waals surface area contributed by atoms with E-state index in [0.29, 0.717) is 5.69 Å². The van der Waals surface area contributed by atoms with Crippen LogP contribution in [0.4, 0.5) is 5.69 Å². The van der Waals surface area contributed by atoms with Gasteiger partial charge >= 0.3 is 5.97 Å². The van der Waals surface area contributed by atoms with E-state index in [2.05, 4.69) is 23.8 Å². The lowest BCUT2D eigenvalue weighted by Crippen LogP contribution is -2.09. The van der Waals surface area contributed by atoms with Crippen LogP contribution in [-0.2, 0) is 14.8 Å². The SMILES string of the molecule is CC/C(=C(/c1ccc(/C=C/C(=O)O)cc1)c1ccc(NS(C)(=O)=O)cc1)c1ccccc1. The molecule has 0 heterocycles. The van der Waals surface area contributed by atoms with Gasteiger partial charge in [-0.25, -0.2) is 13.2 Å². The lowest BCUT2D eigenvalue weighted by molar-refractivity contribution is -0.131. The molecule has 2 N–H and O–H groups in total. The van der Waals surface area contributed by atoms with Gasteiger partial charge in [0.1, 0.15) is 0 Å². The van der Waals surface area contributed by atoms with Crippen LogP contribution in [0.1, 0.15) is 35.6 Å². The van der Waals surface area contributed by atoms with E-state index in [1.807, 2.05) is 54.6 Å². The molecule has 0 saturated carbocycles. The Bertz CT molecular complexity index is 1240. The van der Waals surface area contributed by atoms with Crippen LogP contribution >= 0.6 is 0 Å². The standard InChI is InChI=1S/C26H25NO4S/c1-3-24(20-7-5-4-6-8-20)26(21-12-9-19(10-13-21)11-18-25(28)29)22-14-16-23(17-15-22)27-32(2,30)31/h4-18,27H,3H2,1-2H3,(H,28,29)/b18-11+,26-24+. The van der Waals surface area contributed by atoms with Gasteiger partial charge < -0.3 is 5.11 Å². The fraction of sp³-hybridized carbons (Fsp3) is 0.115. The number of carboxylic acids is 1. The zero-order valence-electron chi connectivity index (χ0n) is 17.9. The first-order valence-electron chi connectivity index (χ1n) is 10.1. The predicted octanol–water partition coefficient (Wildman–Crippen LogP) is 5.53. The Morgan fingerprint density at radius 2 is 1.44 bits per heavy atom. The number of rotatable bonds is 8. The van der Waals surface area contributed by atoms with Crippen LogP contribution in [0.5, 0.6) is 0 Å². The summed E-state index contributed by atoms with van der Waals surface area (Å²) in [6.45, 7) is 2.10. The Balaban J connectivity index is 2.12. The number of carboxylic acid groups (broad SMARTS) is 1. The van der Waals surface area contributed by atoms with Crippen molar-refractivity contribution in [3.05, 3.63) is 107 Å². The second-order valence-electron chi connectivity index (χ2n) is 7.32. The van der Waals surface area contributed by atoms with Gasteiger partial charge in [-0.3, -0.25) is 4.72 Å². The van der Waals surface area contributed by atoms with E-state index >= 15 is 0 Å². The van der Waals surface area contributed by atoms with Crippen LogP contribution in [-0.4, -0.2) is 25.7 Å². The molecule has 0 aromatic heterocycles. The Hall–Kier alpha value is -3.64. The van der Waals surface area contributed by atoms with Crippen molar-refractivity contribution in [2.75, 3.05) is 11.0 Å². The molecule has 0 aliphatic carbocycles. The van der Waals surface area contributed by atoms with Crippen molar-refractivity contribution in [2.24, 2.45) is 0 Å². The molecular weight excluding hydrogens is 422 g/mol. The van der Waals surface area contributed by atoms with Gasteiger partial charge in [0.2, 0.25) is 10.0 Å². The first kappa shape index (κ1) is 23.0. The van der Waals surface area contributed by atoms with Crippen LogP contribution in [0.2, 0.25) is 0 Å². The maximum atomic E-state index is 11.5. The summed E-state index contributed by atoms with van der Waals surface area (Å²) in [5.41, 5.74) is 6.55. The zero-order chi connectivity index (χ0) is 23.1. The molecule has 164 valence electrons. The number of nitrogens with one attached hydrogen (secondary N) is 1. The predicted molar refractivity (Wildman–Crippen MR) is 131 cm³/mol. The quantitative estimate of drug-likeness (QED) is 0.352. The molecule has 3 rings (SSSR count). The van der Waals surface area contributed by atoms with Gasteiger partial charge in [0.05, 0.1) is 6.26 Å². The third kappa shape index (κ3) is 6.18. The van der Waals surface area contributed by atoms with Crippen molar-refractivity contribution in [3.8, 4) is 0 Å². The highest BCUT2D eigenvalue weighted by atomic mass is 32.2. The van der Waals surface area contributed by atoms with E-state index in [-0.39, 0.29) is 0 Å². The normalized spacial score (nSPS) is 12.4. The van der Waals surface area contributed by atoms with Crippen molar-refractivity contribution in [1.82, 2.24) is 0 Å². The molecule has 0 spiro atoms. The Morgan fingerprint density at radius 1 is 0.875 bits per heavy atom. The van der Waals surface area contributed by atoms with Crippen LogP contribution in [0.25, 0.3) is 17.2 Å². The summed E-state index contributed by atoms with van der Waals surface area (Å²) in [5.74, 6) is -0.991. The fourth-order valence-corrected chi connectivity index (χ4v) is 4.09. The van der Waals surface area contributed by atoms with Gasteiger partial charge in [0.15, 0.2) is 0 Å². The first-order chi connectivity index (χ1) is 15.3. The van der Waals surface area contributed by atoms with Gasteiger partial charge in [-0.1, -0.05) is 73.7 Å². The molecule has 0 saturated heterocycles. The molecular formula is C26H25NO4S. The third-order valence-corrected chi connectivity index (χ3v) is 5.48. The van der Waals surface area contributed by atoms with Gasteiger partial charge in [-0.15, -0.1) is 0 Å². The Labute approximate surface area is 188 Å². The summed E-state index contributed by atoms with van der Waals surface area (Å²) in [6, 6.07) is 25.1. The summed E-state index contributed by atoms with van der Waals surface area (Å²) in [4.78, 5) is 10.8. The number of allylic oxidation sites excluding steroid dienone is 1. The smallest absolute Gasteiger partial charge is 0.328 e. The number of aliphatic carboxylic acids is 1. The first-order valence-corrected chi connectivity index (χ1v) is 12.0. The number of carbonyl (C=O) groups is 1. The molecule has 0 bridgehead atoms. The summed E-state index contributed by atoms with van der Waals surface area (Å²) < 4.78 is 25.6. The van der Waals surface area contributed by atoms with E-state index in [1.165, 1.54) is 0 Å². The van der Waals surface area contributed by atoms with Gasteiger partial charge in [0, 0.05) is 11.8 Å². The number of anilines is 1. The average molecular weight is 448 g/mol. The van der Waals surface area contributed by atoms with Gasteiger partial charge in [0.25, 0.3) is 0 Å². The fourth-order valence-electron chi connectivity index (χ4n) is 3.53. The van der Waals surface area contributed by atoms with E-state index in [1.54, 1.807) is 18.2 Å². The molecule has 0 radical (unpaired) electrons. The number of sulfonamides is 1. The Morgan fingerprint density at radius 3 is 1.94 bits per heavy atom. The van der Waals surface area contributed by atoms with Crippen molar-refractivity contribution in [1.29, 1.82) is 0 Å². The lowest BCUT2D eigenvalue weighted by atomic mass is 9.88. The molecule has 0 aliphatic heterocycles. The molecule has 5 nitrogen and oxygen atoms in total. The van der Waals surface area contributed by atoms with Crippen molar-refractivity contribution in [2.45, 2.75) is 13.3 Å². The highest BCUT2D eigenvalue weighted by molar-refractivity contribution is 7.92. The Kier molecular flexibility index (Phi) is 7.28. The molecule has 3 aromatic rings. The van der Waals surface area contributed by atoms with E-state index < -0.39 is 16.0 Å². The summed E-state index contributed by atoms with van der Waals surface area (Å²) >= 11 is 0. The molecule has 0 atom stereocenters. The number of hydrogen-bond donors (Lipinski definition) is 2. The number of hydrogen-bond acceptors (Lipinski definition) is 3. The average Bonchev–Trinajstić information content (AvgIpc) is 2.77. The molecule has 6 heteroatoms. The molecule has 0 amide bonds. The van der Waals surface area contributed by atoms with Crippen LogP contribution in [0.15, 0.2) is 84.9 Å². The molecule has 0 fully saturated rings. The van der Waals surface area contributed by atoms with E-state index in [4.69, 9.17) is 5.11 Å². The molecule has 0 aliphatic rings. The maximum Gasteiger partial charge on any atom is 0.328 e. The van der Waals surface area contributed by atoms with E-state index in [9.17, 15) is 13.2 Å². The number of benzene rings is 3. The molecule has 3 aromatic carbocycles. The van der Waals surface area contributed by atoms with Crippen molar-refractivity contribution < 1.29 is 18.3 Å². The van der Waals surface area contributed by atoms with Crippen LogP contribution < -0.4 is 4.72 Å². The summed E-state index contributed by atoms with van der Waals surface area (Å²) in [5, 5.41) is 8.85. The minimum absolute atomic E-state index is 0.502. The second-order valence-corrected chi connectivity index (χ2v) is 9.07. The lowest BCUT2D eigenvalue weighted by Gasteiger charge is -2.17.